The van der Waals surface area contributed by atoms with Gasteiger partial charge in [0.05, 0.1) is 47.2 Å². The molecule has 3 aliphatic rings. The number of amides is 2. The highest BCUT2D eigenvalue weighted by Crippen LogP contribution is 2.40. The third-order valence-corrected chi connectivity index (χ3v) is 9.11. The largest absolute Gasteiger partial charge is 0.460 e. The third-order valence-electron chi connectivity index (χ3n) is 9.11. The van der Waals surface area contributed by atoms with E-state index in [-0.39, 0.29) is 48.9 Å². The Balaban J connectivity index is 1.30. The molecule has 2 unspecified atom stereocenters. The van der Waals surface area contributed by atoms with Crippen LogP contribution < -0.4 is 16.2 Å². The molecule has 11 heteroatoms. The van der Waals surface area contributed by atoms with Gasteiger partial charge in [0, 0.05) is 34.0 Å². The highest BCUT2D eigenvalue weighted by molar-refractivity contribution is 6.03. The Kier molecular flexibility index (Phi) is 6.93. The molecular formula is C35H31N5O6. The van der Waals surface area contributed by atoms with Gasteiger partial charge in [-0.05, 0) is 55.7 Å². The minimum atomic E-state index is -1.52. The Bertz CT molecular complexity index is 2110. The van der Waals surface area contributed by atoms with Gasteiger partial charge in [0.25, 0.3) is 5.56 Å². The topological polar surface area (TPSA) is 152 Å². The molecule has 0 spiro atoms. The number of nitrogens with one attached hydrogen (secondary N) is 2. The Morgan fingerprint density at radius 2 is 1.91 bits per heavy atom. The fourth-order valence-electron chi connectivity index (χ4n) is 6.71. The quantitative estimate of drug-likeness (QED) is 0.195. The summed E-state index contributed by atoms with van der Waals surface area (Å²) in [7, 11) is 0. The zero-order valence-corrected chi connectivity index (χ0v) is 25.5. The number of aliphatic imine (C=N–C) groups is 1. The van der Waals surface area contributed by atoms with E-state index < -0.39 is 17.6 Å². The van der Waals surface area contributed by atoms with Crippen LogP contribution in [0.25, 0.3) is 22.3 Å². The lowest BCUT2D eigenvalue weighted by Gasteiger charge is -2.28. The number of aliphatic hydroxyl groups is 1. The molecule has 3 N–H and O–H groups in total. The first-order valence-corrected chi connectivity index (χ1v) is 15.1. The summed E-state index contributed by atoms with van der Waals surface area (Å²) < 4.78 is 6.92. The second-order valence-electron chi connectivity index (χ2n) is 11.9. The summed E-state index contributed by atoms with van der Waals surface area (Å²) in [4.78, 5) is 60.3. The molecule has 0 saturated carbocycles. The Morgan fingerprint density at radius 3 is 2.65 bits per heavy atom. The smallest absolute Gasteiger partial charge is 0.319 e. The van der Waals surface area contributed by atoms with Crippen molar-refractivity contribution in [3.05, 3.63) is 104 Å². The molecule has 46 heavy (non-hydrogen) atoms. The number of carbonyl (C=O) groups excluding carboxylic acids is 3. The number of Topliss-reactive ketones (excluding diaryl/α,β-unsaturated/α-hetero) is 1. The van der Waals surface area contributed by atoms with E-state index in [0.717, 1.165) is 27.6 Å². The summed E-state index contributed by atoms with van der Waals surface area (Å²) in [5.74, 6) is -0.681. The number of rotatable bonds is 5. The fraction of sp³-hybridized carbons (Fsp3) is 0.257. The SMILES string of the molecule is CCC1(O)CC(=O)OCc2c1cc1n(c2=O)Cc2c-1nc1ccccc1c2C=Nc1ccc(C2NC(=O)NC(C)=C2C(C)=O)cc1. The van der Waals surface area contributed by atoms with Crippen LogP contribution in [0.5, 0.6) is 0 Å². The van der Waals surface area contributed by atoms with Crippen molar-refractivity contribution in [1.82, 2.24) is 20.2 Å². The molecular weight excluding hydrogens is 586 g/mol. The van der Waals surface area contributed by atoms with Gasteiger partial charge < -0.3 is 25.0 Å². The van der Waals surface area contributed by atoms with Crippen LogP contribution >= 0.6 is 0 Å². The zero-order chi connectivity index (χ0) is 32.3. The number of nitrogens with zero attached hydrogens (tertiary/aromatic N) is 3. The van der Waals surface area contributed by atoms with Crippen LogP contribution in [0.3, 0.4) is 0 Å². The van der Waals surface area contributed by atoms with Gasteiger partial charge in [0.15, 0.2) is 5.78 Å². The predicted molar refractivity (Wildman–Crippen MR) is 171 cm³/mol. The van der Waals surface area contributed by atoms with E-state index in [2.05, 4.69) is 10.6 Å². The van der Waals surface area contributed by atoms with Crippen molar-refractivity contribution >= 4 is 40.6 Å². The lowest BCUT2D eigenvalue weighted by molar-refractivity contribution is -0.149. The summed E-state index contributed by atoms with van der Waals surface area (Å²) in [5.41, 5.74) is 4.78. The number of ether oxygens (including phenoxy) is 1. The minimum Gasteiger partial charge on any atom is -0.460 e. The molecule has 0 fully saturated rings. The maximum absolute atomic E-state index is 13.8. The number of allylic oxidation sites excluding steroid dienone is 1. The molecule has 2 aromatic carbocycles. The lowest BCUT2D eigenvalue weighted by atomic mass is 9.85. The van der Waals surface area contributed by atoms with Crippen molar-refractivity contribution in [2.24, 2.45) is 4.99 Å². The van der Waals surface area contributed by atoms with Crippen LogP contribution in [-0.2, 0) is 33.1 Å². The lowest BCUT2D eigenvalue weighted by Crippen LogP contribution is -2.44. The predicted octanol–water partition coefficient (Wildman–Crippen LogP) is 4.44. The number of benzene rings is 2. The highest BCUT2D eigenvalue weighted by atomic mass is 16.5. The van der Waals surface area contributed by atoms with Crippen molar-refractivity contribution in [1.29, 1.82) is 0 Å². The molecule has 3 aliphatic heterocycles. The first kappa shape index (κ1) is 29.3. The van der Waals surface area contributed by atoms with Gasteiger partial charge in [-0.15, -0.1) is 0 Å². The van der Waals surface area contributed by atoms with E-state index in [1.807, 2.05) is 48.5 Å². The monoisotopic (exact) mass is 617 g/mol. The van der Waals surface area contributed by atoms with E-state index in [0.29, 0.717) is 33.9 Å². The van der Waals surface area contributed by atoms with Gasteiger partial charge in [-0.1, -0.05) is 37.3 Å². The average Bonchev–Trinajstić information content (AvgIpc) is 3.34. The number of hydrogen-bond donors (Lipinski definition) is 3. The standard InChI is InChI=1S/C35H31N5O6/c1-4-35(45)14-29(42)46-17-25-26(35)13-28-32-24(16-40(28)33(25)43)23(22-7-5-6-8-27(22)38-32)15-36-21-11-9-20(10-12-21)31-30(19(3)41)18(2)37-34(44)39-31/h5-13,15,31,45H,4,14,16-17H2,1-3H3,(H2,37,39,44). The van der Waals surface area contributed by atoms with Crippen molar-refractivity contribution in [2.75, 3.05) is 0 Å². The van der Waals surface area contributed by atoms with Crippen LogP contribution in [0, 0.1) is 0 Å². The van der Waals surface area contributed by atoms with E-state index in [1.54, 1.807) is 30.7 Å². The van der Waals surface area contributed by atoms with E-state index in [1.165, 1.54) is 6.92 Å². The molecule has 2 atom stereocenters. The number of aromatic nitrogens is 2. The molecule has 5 heterocycles. The fourth-order valence-corrected chi connectivity index (χ4v) is 6.71. The normalized spacial score (nSPS) is 20.5. The number of cyclic esters (lactones) is 1. The number of fused-ring (bicyclic) bond motifs is 5. The van der Waals surface area contributed by atoms with E-state index in [4.69, 9.17) is 14.7 Å². The van der Waals surface area contributed by atoms with Gasteiger partial charge in [-0.2, -0.15) is 0 Å². The first-order valence-electron chi connectivity index (χ1n) is 15.1. The molecule has 11 nitrogen and oxygen atoms in total. The molecule has 0 aliphatic carbocycles. The average molecular weight is 618 g/mol. The summed E-state index contributed by atoms with van der Waals surface area (Å²) >= 11 is 0. The second-order valence-corrected chi connectivity index (χ2v) is 11.9. The van der Waals surface area contributed by atoms with Gasteiger partial charge >= 0.3 is 12.0 Å². The van der Waals surface area contributed by atoms with Crippen molar-refractivity contribution in [3.8, 4) is 11.4 Å². The molecule has 0 radical (unpaired) electrons. The number of urea groups is 1. The number of esters is 1. The summed E-state index contributed by atoms with van der Waals surface area (Å²) in [6, 6.07) is 15.8. The number of carbonyl (C=O) groups is 3. The Hall–Kier alpha value is -5.42. The molecule has 232 valence electrons. The Morgan fingerprint density at radius 1 is 1.15 bits per heavy atom. The molecule has 7 rings (SSSR count). The molecule has 2 amide bonds. The van der Waals surface area contributed by atoms with Gasteiger partial charge in [-0.3, -0.25) is 19.4 Å². The van der Waals surface area contributed by atoms with Crippen molar-refractivity contribution in [3.63, 3.8) is 0 Å². The van der Waals surface area contributed by atoms with E-state index >= 15 is 0 Å². The molecule has 2 aromatic heterocycles. The molecule has 4 aromatic rings. The third kappa shape index (κ3) is 4.71. The molecule has 0 saturated heterocycles. The maximum Gasteiger partial charge on any atom is 0.319 e. The van der Waals surface area contributed by atoms with Crippen LogP contribution in [0.2, 0.25) is 0 Å². The molecule has 0 bridgehead atoms. The minimum absolute atomic E-state index is 0.132. The highest BCUT2D eigenvalue weighted by Gasteiger charge is 2.39. The van der Waals surface area contributed by atoms with Gasteiger partial charge in [-0.25, -0.2) is 9.78 Å². The summed E-state index contributed by atoms with van der Waals surface area (Å²) in [6.07, 6.45) is 1.77. The van der Waals surface area contributed by atoms with Gasteiger partial charge in [0.1, 0.15) is 12.2 Å². The summed E-state index contributed by atoms with van der Waals surface area (Å²) in [5, 5.41) is 17.8. The number of hydrogen-bond acceptors (Lipinski definition) is 8. The van der Waals surface area contributed by atoms with Crippen molar-refractivity contribution < 1.29 is 24.2 Å². The number of para-hydroxylation sites is 1. The second kappa shape index (κ2) is 10.9. The number of ketones is 1. The van der Waals surface area contributed by atoms with Crippen LogP contribution in [-0.4, -0.2) is 38.7 Å². The van der Waals surface area contributed by atoms with Crippen molar-refractivity contribution in [2.45, 2.75) is 58.4 Å². The summed E-state index contributed by atoms with van der Waals surface area (Å²) in [6.45, 7) is 5.00. The zero-order valence-electron chi connectivity index (χ0n) is 25.5. The van der Waals surface area contributed by atoms with Crippen LogP contribution in [0.4, 0.5) is 10.5 Å². The number of pyridine rings is 2. The van der Waals surface area contributed by atoms with Crippen LogP contribution in [0.1, 0.15) is 67.5 Å². The van der Waals surface area contributed by atoms with E-state index in [9.17, 15) is 24.3 Å². The van der Waals surface area contributed by atoms with Gasteiger partial charge in [0.2, 0.25) is 0 Å². The first-order chi connectivity index (χ1) is 22.1. The maximum atomic E-state index is 13.8. The van der Waals surface area contributed by atoms with Crippen LogP contribution in [0.15, 0.2) is 75.7 Å². The Labute approximate surface area is 263 Å².